The van der Waals surface area contributed by atoms with Crippen LogP contribution in [-0.2, 0) is 6.54 Å². The van der Waals surface area contributed by atoms with Crippen LogP contribution in [0.1, 0.15) is 10.5 Å². The number of hydrogen-bond acceptors (Lipinski definition) is 5. The van der Waals surface area contributed by atoms with Gasteiger partial charge in [0.05, 0.1) is 13.2 Å². The fourth-order valence-electron chi connectivity index (χ4n) is 1.50. The SMILES string of the molecule is O=C(O)c1nnn(CCO)c1-c1cccnc1. The van der Waals surface area contributed by atoms with Crippen LogP contribution in [0.2, 0.25) is 0 Å². The highest BCUT2D eigenvalue weighted by atomic mass is 16.4. The van der Waals surface area contributed by atoms with Crippen LogP contribution < -0.4 is 0 Å². The quantitative estimate of drug-likeness (QED) is 0.774. The van der Waals surface area contributed by atoms with Gasteiger partial charge < -0.3 is 10.2 Å². The van der Waals surface area contributed by atoms with Crippen LogP contribution in [-0.4, -0.2) is 42.8 Å². The maximum absolute atomic E-state index is 11.0. The van der Waals surface area contributed by atoms with Crippen LogP contribution in [0.4, 0.5) is 0 Å². The summed E-state index contributed by atoms with van der Waals surface area (Å²) in [6, 6.07) is 3.41. The Morgan fingerprint density at radius 1 is 1.47 bits per heavy atom. The second-order valence-corrected chi connectivity index (χ2v) is 3.28. The van der Waals surface area contributed by atoms with E-state index in [-0.39, 0.29) is 18.8 Å². The topological polar surface area (TPSA) is 101 Å². The number of carboxylic acid groups (broad SMARTS) is 1. The molecule has 0 bridgehead atoms. The van der Waals surface area contributed by atoms with E-state index >= 15 is 0 Å². The van der Waals surface area contributed by atoms with Gasteiger partial charge in [-0.25, -0.2) is 9.48 Å². The molecule has 0 fully saturated rings. The van der Waals surface area contributed by atoms with Crippen LogP contribution in [0.15, 0.2) is 24.5 Å². The molecule has 17 heavy (non-hydrogen) atoms. The first-order valence-electron chi connectivity index (χ1n) is 4.92. The van der Waals surface area contributed by atoms with Gasteiger partial charge in [-0.15, -0.1) is 5.10 Å². The van der Waals surface area contributed by atoms with Gasteiger partial charge in [-0.3, -0.25) is 4.98 Å². The number of rotatable bonds is 4. The number of carboxylic acids is 1. The molecule has 2 heterocycles. The first-order chi connectivity index (χ1) is 8.24. The van der Waals surface area contributed by atoms with Crippen molar-refractivity contribution in [3.05, 3.63) is 30.2 Å². The molecule has 0 aliphatic rings. The Morgan fingerprint density at radius 3 is 2.88 bits per heavy atom. The van der Waals surface area contributed by atoms with E-state index in [1.54, 1.807) is 18.3 Å². The number of nitrogens with zero attached hydrogens (tertiary/aromatic N) is 4. The number of pyridine rings is 1. The van der Waals surface area contributed by atoms with E-state index in [1.807, 2.05) is 0 Å². The van der Waals surface area contributed by atoms with E-state index in [0.717, 1.165) is 0 Å². The minimum atomic E-state index is -1.16. The molecule has 0 aliphatic carbocycles. The number of aliphatic hydroxyl groups is 1. The van der Waals surface area contributed by atoms with Crippen molar-refractivity contribution in [3.63, 3.8) is 0 Å². The molecule has 2 N–H and O–H groups in total. The third-order valence-corrected chi connectivity index (χ3v) is 2.18. The smallest absolute Gasteiger partial charge is 0.358 e. The zero-order valence-corrected chi connectivity index (χ0v) is 8.82. The van der Waals surface area contributed by atoms with E-state index in [1.165, 1.54) is 10.9 Å². The van der Waals surface area contributed by atoms with Gasteiger partial charge in [-0.2, -0.15) is 0 Å². The molecule has 2 rings (SSSR count). The molecular formula is C10H10N4O3. The number of aliphatic hydroxyl groups excluding tert-OH is 1. The third kappa shape index (κ3) is 2.13. The van der Waals surface area contributed by atoms with Crippen molar-refractivity contribution in [2.24, 2.45) is 0 Å². The van der Waals surface area contributed by atoms with Gasteiger partial charge >= 0.3 is 5.97 Å². The number of aromatic nitrogens is 4. The van der Waals surface area contributed by atoms with Crippen molar-refractivity contribution in [2.75, 3.05) is 6.61 Å². The summed E-state index contributed by atoms with van der Waals surface area (Å²) in [4.78, 5) is 14.9. The summed E-state index contributed by atoms with van der Waals surface area (Å²) in [5.74, 6) is -1.16. The van der Waals surface area contributed by atoms with Crippen molar-refractivity contribution in [1.82, 2.24) is 20.0 Å². The van der Waals surface area contributed by atoms with Crippen molar-refractivity contribution in [3.8, 4) is 11.3 Å². The highest BCUT2D eigenvalue weighted by Gasteiger charge is 2.20. The fraction of sp³-hybridized carbons (Fsp3) is 0.200. The molecule has 7 nitrogen and oxygen atoms in total. The van der Waals surface area contributed by atoms with Crippen LogP contribution >= 0.6 is 0 Å². The summed E-state index contributed by atoms with van der Waals surface area (Å²) in [5.41, 5.74) is 0.800. The predicted octanol–water partition coefficient (Wildman–Crippen LogP) is 0.0306. The van der Waals surface area contributed by atoms with Crippen LogP contribution in [0.5, 0.6) is 0 Å². The molecule has 0 radical (unpaired) electrons. The van der Waals surface area contributed by atoms with E-state index in [0.29, 0.717) is 11.3 Å². The van der Waals surface area contributed by atoms with Gasteiger partial charge in [-0.1, -0.05) is 5.21 Å². The summed E-state index contributed by atoms with van der Waals surface area (Å²) < 4.78 is 1.35. The average Bonchev–Trinajstić information content (AvgIpc) is 2.74. The fourth-order valence-corrected chi connectivity index (χ4v) is 1.50. The van der Waals surface area contributed by atoms with Gasteiger partial charge in [0.15, 0.2) is 5.69 Å². The highest BCUT2D eigenvalue weighted by molar-refractivity contribution is 5.92. The number of aromatic carboxylic acids is 1. The molecule has 0 saturated heterocycles. The lowest BCUT2D eigenvalue weighted by Crippen LogP contribution is -2.07. The van der Waals surface area contributed by atoms with E-state index in [9.17, 15) is 4.79 Å². The lowest BCUT2D eigenvalue weighted by molar-refractivity contribution is 0.0691. The van der Waals surface area contributed by atoms with E-state index in [2.05, 4.69) is 15.3 Å². The van der Waals surface area contributed by atoms with Gasteiger partial charge in [0, 0.05) is 18.0 Å². The molecule has 0 saturated carbocycles. The first-order valence-corrected chi connectivity index (χ1v) is 4.92. The maximum atomic E-state index is 11.0. The Labute approximate surface area is 96.3 Å². The van der Waals surface area contributed by atoms with E-state index in [4.69, 9.17) is 10.2 Å². The van der Waals surface area contributed by atoms with Crippen LogP contribution in [0, 0.1) is 0 Å². The van der Waals surface area contributed by atoms with Crippen molar-refractivity contribution < 1.29 is 15.0 Å². The van der Waals surface area contributed by atoms with Crippen LogP contribution in [0.25, 0.3) is 11.3 Å². The summed E-state index contributed by atoms with van der Waals surface area (Å²) in [5, 5.41) is 25.2. The van der Waals surface area contributed by atoms with Crippen LogP contribution in [0.3, 0.4) is 0 Å². The zero-order chi connectivity index (χ0) is 12.3. The molecule has 0 atom stereocenters. The molecule has 2 aromatic rings. The van der Waals surface area contributed by atoms with E-state index < -0.39 is 5.97 Å². The Bertz CT molecular complexity index is 524. The predicted molar refractivity (Wildman–Crippen MR) is 57.3 cm³/mol. The van der Waals surface area contributed by atoms with Crippen molar-refractivity contribution in [2.45, 2.75) is 6.54 Å². The second kappa shape index (κ2) is 4.71. The minimum absolute atomic E-state index is 0.143. The van der Waals surface area contributed by atoms with Gasteiger partial charge in [-0.05, 0) is 12.1 Å². The average molecular weight is 234 g/mol. The Hall–Kier alpha value is -2.28. The van der Waals surface area contributed by atoms with Gasteiger partial charge in [0.2, 0.25) is 0 Å². The third-order valence-electron chi connectivity index (χ3n) is 2.18. The Morgan fingerprint density at radius 2 is 2.29 bits per heavy atom. The molecule has 2 aromatic heterocycles. The normalized spacial score (nSPS) is 10.4. The molecule has 0 aromatic carbocycles. The largest absolute Gasteiger partial charge is 0.476 e. The maximum Gasteiger partial charge on any atom is 0.358 e. The van der Waals surface area contributed by atoms with Gasteiger partial charge in [0.1, 0.15) is 5.69 Å². The summed E-state index contributed by atoms with van der Waals surface area (Å²) >= 11 is 0. The zero-order valence-electron chi connectivity index (χ0n) is 8.82. The van der Waals surface area contributed by atoms with Gasteiger partial charge in [0.25, 0.3) is 0 Å². The Kier molecular flexibility index (Phi) is 3.10. The molecule has 7 heteroatoms. The lowest BCUT2D eigenvalue weighted by atomic mass is 10.1. The van der Waals surface area contributed by atoms with Crippen molar-refractivity contribution in [1.29, 1.82) is 0 Å². The Balaban J connectivity index is 2.56. The number of hydrogen-bond donors (Lipinski definition) is 2. The van der Waals surface area contributed by atoms with Crippen molar-refractivity contribution >= 4 is 5.97 Å². The number of carbonyl (C=O) groups is 1. The standard InChI is InChI=1S/C10H10N4O3/c15-5-4-14-9(7-2-1-3-11-6-7)8(10(16)17)12-13-14/h1-3,6,15H,4-5H2,(H,16,17). The molecule has 0 spiro atoms. The minimum Gasteiger partial charge on any atom is -0.476 e. The summed E-state index contributed by atoms with van der Waals surface area (Å²) in [7, 11) is 0. The molecule has 0 aliphatic heterocycles. The lowest BCUT2D eigenvalue weighted by Gasteiger charge is -2.04. The molecule has 0 unspecified atom stereocenters. The molecular weight excluding hydrogens is 224 g/mol. The summed E-state index contributed by atoms with van der Waals surface area (Å²) in [6.45, 7) is 0.0419. The monoisotopic (exact) mass is 234 g/mol. The highest BCUT2D eigenvalue weighted by Crippen LogP contribution is 2.20. The molecule has 0 amide bonds. The molecule has 88 valence electrons. The second-order valence-electron chi connectivity index (χ2n) is 3.28. The summed E-state index contributed by atoms with van der Waals surface area (Å²) in [6.07, 6.45) is 3.11. The first kappa shape index (κ1) is 11.2.